The Morgan fingerprint density at radius 2 is 2.30 bits per heavy atom. The van der Waals surface area contributed by atoms with Crippen molar-refractivity contribution in [3.05, 3.63) is 0 Å². The molecule has 58 valence electrons. The number of aliphatic carboxylic acids is 1. The maximum absolute atomic E-state index is 10.1. The molecular formula is C5H13MgNO2S. The predicted octanol–water partition coefficient (Wildman–Crippen LogP) is -0.765. The highest BCUT2D eigenvalue weighted by Crippen LogP contribution is 1.97. The summed E-state index contributed by atoms with van der Waals surface area (Å²) < 4.78 is 0. The Balaban J connectivity index is 0. The van der Waals surface area contributed by atoms with Crippen LogP contribution in [-0.2, 0) is 4.79 Å². The minimum atomic E-state index is -0.913. The van der Waals surface area contributed by atoms with Crippen LogP contribution in [0.25, 0.3) is 0 Å². The second kappa shape index (κ2) is 7.65. The van der Waals surface area contributed by atoms with E-state index in [0.717, 1.165) is 5.75 Å². The smallest absolute Gasteiger partial charge is 0.320 e. The standard InChI is InChI=1S/C5H11NO2S.Mg.2H/c1-9-3-2-4(6)5(7)8;;;/h4H,2-3,6H2,1H3,(H,7,8);;;/t4-;;;/m0.../s1. The van der Waals surface area contributed by atoms with E-state index in [1.54, 1.807) is 11.8 Å². The fourth-order valence-electron chi connectivity index (χ4n) is 0.368. The molecule has 3 N–H and O–H groups in total. The van der Waals surface area contributed by atoms with Gasteiger partial charge in [-0.25, -0.2) is 0 Å². The number of hydrogen-bond acceptors (Lipinski definition) is 3. The van der Waals surface area contributed by atoms with E-state index in [2.05, 4.69) is 0 Å². The van der Waals surface area contributed by atoms with Crippen molar-refractivity contribution in [1.82, 2.24) is 0 Å². The first-order chi connectivity index (χ1) is 4.18. The van der Waals surface area contributed by atoms with E-state index in [4.69, 9.17) is 10.8 Å². The van der Waals surface area contributed by atoms with Crippen LogP contribution in [0.5, 0.6) is 0 Å². The summed E-state index contributed by atoms with van der Waals surface area (Å²) in [6.45, 7) is 0. The average Bonchev–Trinajstić information content (AvgIpc) is 1.82. The van der Waals surface area contributed by atoms with Gasteiger partial charge >= 0.3 is 29.0 Å². The topological polar surface area (TPSA) is 63.3 Å². The molecule has 1 atom stereocenters. The van der Waals surface area contributed by atoms with E-state index >= 15 is 0 Å². The van der Waals surface area contributed by atoms with Crippen LogP contribution in [0.1, 0.15) is 6.42 Å². The molecule has 3 nitrogen and oxygen atoms in total. The number of thioether (sulfide) groups is 1. The van der Waals surface area contributed by atoms with Crippen molar-refractivity contribution >= 4 is 40.8 Å². The van der Waals surface area contributed by atoms with Gasteiger partial charge in [-0.2, -0.15) is 11.8 Å². The third-order valence-electron chi connectivity index (χ3n) is 0.950. The third-order valence-corrected chi connectivity index (χ3v) is 1.59. The summed E-state index contributed by atoms with van der Waals surface area (Å²) in [5, 5.41) is 8.27. The molecule has 10 heavy (non-hydrogen) atoms. The molecule has 0 aromatic heterocycles. The Morgan fingerprint density at radius 3 is 2.60 bits per heavy atom. The highest BCUT2D eigenvalue weighted by molar-refractivity contribution is 7.98. The largest absolute Gasteiger partial charge is 0.480 e. The second-order valence-corrected chi connectivity index (χ2v) is 2.71. The molecule has 5 heteroatoms. The van der Waals surface area contributed by atoms with Gasteiger partial charge in [0.25, 0.3) is 0 Å². The summed E-state index contributed by atoms with van der Waals surface area (Å²) in [7, 11) is 0. The van der Waals surface area contributed by atoms with Crippen LogP contribution in [0, 0.1) is 0 Å². The highest BCUT2D eigenvalue weighted by atomic mass is 32.2. The summed E-state index contributed by atoms with van der Waals surface area (Å²) >= 11 is 1.60. The summed E-state index contributed by atoms with van der Waals surface area (Å²) in [5.41, 5.74) is 5.19. The molecule has 0 saturated heterocycles. The summed E-state index contributed by atoms with van der Waals surface area (Å²) in [6.07, 6.45) is 2.48. The number of rotatable bonds is 4. The van der Waals surface area contributed by atoms with Crippen molar-refractivity contribution < 1.29 is 9.90 Å². The zero-order valence-electron chi connectivity index (χ0n) is 5.33. The molecule has 0 aliphatic heterocycles. The maximum atomic E-state index is 10.1. The van der Waals surface area contributed by atoms with Crippen LogP contribution in [0.2, 0.25) is 0 Å². The number of hydrogen-bond donors (Lipinski definition) is 2. The first-order valence-electron chi connectivity index (χ1n) is 2.65. The summed E-state index contributed by atoms with van der Waals surface area (Å²) in [6, 6.07) is -0.683. The van der Waals surface area contributed by atoms with E-state index in [1.165, 1.54) is 0 Å². The van der Waals surface area contributed by atoms with Crippen LogP contribution in [0.15, 0.2) is 0 Å². The number of nitrogens with two attached hydrogens (primary N) is 1. The molecule has 0 unspecified atom stereocenters. The van der Waals surface area contributed by atoms with Crippen molar-refractivity contribution in [3.8, 4) is 0 Å². The van der Waals surface area contributed by atoms with Gasteiger partial charge in [-0.05, 0) is 18.4 Å². The fraction of sp³-hybridized carbons (Fsp3) is 0.800. The molecule has 0 amide bonds. The zero-order valence-corrected chi connectivity index (χ0v) is 6.15. The molecule has 0 aromatic carbocycles. The summed E-state index contributed by atoms with van der Waals surface area (Å²) in [5.74, 6) is -0.1000. The quantitative estimate of drug-likeness (QED) is 0.551. The van der Waals surface area contributed by atoms with Gasteiger partial charge in [0.15, 0.2) is 0 Å². The van der Waals surface area contributed by atoms with Gasteiger partial charge in [-0.15, -0.1) is 0 Å². The molecule has 0 saturated carbocycles. The molecule has 0 rings (SSSR count). The van der Waals surface area contributed by atoms with Crippen LogP contribution in [0.4, 0.5) is 0 Å². The lowest BCUT2D eigenvalue weighted by Gasteiger charge is -2.02. The van der Waals surface area contributed by atoms with Crippen LogP contribution < -0.4 is 5.73 Å². The molecule has 0 aliphatic rings. The Hall–Kier alpha value is 0.546. The SMILES string of the molecule is CSCC[C@H](N)C(=O)O.[MgH2]. The number of carboxylic acid groups (broad SMARTS) is 1. The predicted molar refractivity (Wildman–Crippen MR) is 47.2 cm³/mol. The van der Waals surface area contributed by atoms with Gasteiger partial charge in [-0.1, -0.05) is 0 Å². The average molecular weight is 176 g/mol. The van der Waals surface area contributed by atoms with Gasteiger partial charge in [0.05, 0.1) is 0 Å². The Morgan fingerprint density at radius 1 is 1.80 bits per heavy atom. The first kappa shape index (κ1) is 13.2. The van der Waals surface area contributed by atoms with Crippen LogP contribution >= 0.6 is 11.8 Å². The van der Waals surface area contributed by atoms with E-state index in [9.17, 15) is 4.79 Å². The zero-order chi connectivity index (χ0) is 7.28. The lowest BCUT2D eigenvalue weighted by molar-refractivity contribution is -0.138. The second-order valence-electron chi connectivity index (χ2n) is 1.73. The molecule has 0 aromatic rings. The van der Waals surface area contributed by atoms with E-state index < -0.39 is 12.0 Å². The Kier molecular flexibility index (Phi) is 10.1. The third kappa shape index (κ3) is 6.66. The molecule has 0 bridgehead atoms. The number of carboxylic acids is 1. The summed E-state index contributed by atoms with van der Waals surface area (Å²) in [4.78, 5) is 10.1. The van der Waals surface area contributed by atoms with Gasteiger partial charge in [0.1, 0.15) is 6.04 Å². The van der Waals surface area contributed by atoms with E-state index in [-0.39, 0.29) is 23.1 Å². The lowest BCUT2D eigenvalue weighted by atomic mass is 10.2. The van der Waals surface area contributed by atoms with Crippen LogP contribution in [-0.4, -0.2) is 52.2 Å². The van der Waals surface area contributed by atoms with Crippen LogP contribution in [0.3, 0.4) is 0 Å². The highest BCUT2D eigenvalue weighted by Gasteiger charge is 2.08. The van der Waals surface area contributed by atoms with E-state index in [0.29, 0.717) is 6.42 Å². The monoisotopic (exact) mass is 175 g/mol. The molecular weight excluding hydrogens is 162 g/mol. The Labute approximate surface area is 80.9 Å². The van der Waals surface area contributed by atoms with Crippen molar-refractivity contribution in [2.24, 2.45) is 5.73 Å². The van der Waals surface area contributed by atoms with Crippen molar-refractivity contribution in [3.63, 3.8) is 0 Å². The fourth-order valence-corrected chi connectivity index (χ4v) is 0.858. The van der Waals surface area contributed by atoms with Gasteiger partial charge in [0.2, 0.25) is 0 Å². The lowest BCUT2D eigenvalue weighted by Crippen LogP contribution is -2.30. The van der Waals surface area contributed by atoms with Gasteiger partial charge < -0.3 is 10.8 Å². The van der Waals surface area contributed by atoms with Gasteiger partial charge in [-0.3, -0.25) is 4.79 Å². The van der Waals surface area contributed by atoms with Crippen molar-refractivity contribution in [2.45, 2.75) is 12.5 Å². The Bertz CT molecular complexity index is 102. The molecule has 0 aliphatic carbocycles. The van der Waals surface area contributed by atoms with Crippen molar-refractivity contribution in [2.75, 3.05) is 12.0 Å². The minimum absolute atomic E-state index is 0. The molecule has 0 fully saturated rings. The molecule has 0 heterocycles. The molecule has 0 spiro atoms. The maximum Gasteiger partial charge on any atom is 0.320 e. The molecule has 0 radical (unpaired) electrons. The van der Waals surface area contributed by atoms with E-state index in [1.807, 2.05) is 6.26 Å². The normalized spacial score (nSPS) is 11.8. The first-order valence-corrected chi connectivity index (χ1v) is 4.05. The number of carbonyl (C=O) groups is 1. The van der Waals surface area contributed by atoms with Crippen molar-refractivity contribution in [1.29, 1.82) is 0 Å². The minimum Gasteiger partial charge on any atom is -0.480 e. The van der Waals surface area contributed by atoms with Gasteiger partial charge in [0, 0.05) is 0 Å².